The Morgan fingerprint density at radius 2 is 1.61 bits per heavy atom. The summed E-state index contributed by atoms with van der Waals surface area (Å²) in [5.74, 6) is 0.0282. The van der Waals surface area contributed by atoms with E-state index in [-0.39, 0.29) is 17.2 Å². The number of carbonyl (C=O) groups excluding carboxylic acids is 1. The summed E-state index contributed by atoms with van der Waals surface area (Å²) in [6, 6.07) is 26.5. The number of ketones is 1. The summed E-state index contributed by atoms with van der Waals surface area (Å²) in [4.78, 5) is 17.4. The lowest BCUT2D eigenvalue weighted by Crippen LogP contribution is -2.40. The predicted octanol–water partition coefficient (Wildman–Crippen LogP) is 7.08. The molecule has 0 bridgehead atoms. The molecule has 0 amide bonds. The van der Waals surface area contributed by atoms with Gasteiger partial charge in [-0.05, 0) is 78.9 Å². The smallest absolute Gasteiger partial charge is 0.244 e. The summed E-state index contributed by atoms with van der Waals surface area (Å²) in [6.07, 6.45) is 3.97. The number of rotatable bonds is 10. The van der Waals surface area contributed by atoms with Crippen molar-refractivity contribution in [3.05, 3.63) is 130 Å². The highest BCUT2D eigenvalue weighted by atomic mass is 35.5. The fourth-order valence-corrected chi connectivity index (χ4v) is 6.82. The molecular weight excluding hydrogens is 539 g/mol. The molecule has 0 saturated heterocycles. The molecule has 0 unspecified atom stereocenters. The van der Waals surface area contributed by atoms with Gasteiger partial charge in [0.25, 0.3) is 0 Å². The molecular formula is C30H26Cl2N2O3S. The van der Waals surface area contributed by atoms with Crippen LogP contribution < -0.4 is 0 Å². The molecule has 1 fully saturated rings. The van der Waals surface area contributed by atoms with E-state index < -0.39 is 15.6 Å². The molecule has 0 aliphatic heterocycles. The Balaban J connectivity index is 1.41. The molecule has 38 heavy (non-hydrogen) atoms. The van der Waals surface area contributed by atoms with Crippen molar-refractivity contribution in [2.24, 2.45) is 0 Å². The van der Waals surface area contributed by atoms with Crippen molar-refractivity contribution < 1.29 is 13.2 Å². The number of aromatic nitrogens is 1. The molecule has 1 aliphatic rings. The van der Waals surface area contributed by atoms with Crippen LogP contribution in [0.5, 0.6) is 0 Å². The van der Waals surface area contributed by atoms with Gasteiger partial charge in [-0.2, -0.15) is 4.31 Å². The number of benzene rings is 3. The first-order valence-corrected chi connectivity index (χ1v) is 14.5. The van der Waals surface area contributed by atoms with E-state index in [0.29, 0.717) is 47.0 Å². The largest absolute Gasteiger partial charge is 0.294 e. The van der Waals surface area contributed by atoms with Gasteiger partial charge in [-0.25, -0.2) is 8.42 Å². The molecule has 0 radical (unpaired) electrons. The Morgan fingerprint density at radius 3 is 2.24 bits per heavy atom. The summed E-state index contributed by atoms with van der Waals surface area (Å²) < 4.78 is 29.4. The number of sulfonamides is 1. The van der Waals surface area contributed by atoms with Gasteiger partial charge in [0.15, 0.2) is 5.78 Å². The number of pyridine rings is 1. The number of Topliss-reactive ketones (excluding diaryl/α,β-unsaturated/α-hetero) is 1. The van der Waals surface area contributed by atoms with Gasteiger partial charge >= 0.3 is 0 Å². The van der Waals surface area contributed by atoms with Crippen molar-refractivity contribution in [1.29, 1.82) is 0 Å². The quantitative estimate of drug-likeness (QED) is 0.193. The van der Waals surface area contributed by atoms with Crippen LogP contribution >= 0.6 is 23.2 Å². The van der Waals surface area contributed by atoms with Crippen LogP contribution in [0.2, 0.25) is 10.0 Å². The fraction of sp³-hybridized carbons (Fsp3) is 0.200. The van der Waals surface area contributed by atoms with Crippen molar-refractivity contribution in [2.75, 3.05) is 0 Å². The summed E-state index contributed by atoms with van der Waals surface area (Å²) in [6.45, 7) is 0.131. The lowest BCUT2D eigenvalue weighted by atomic mass is 9.98. The van der Waals surface area contributed by atoms with Gasteiger partial charge < -0.3 is 0 Å². The van der Waals surface area contributed by atoms with Gasteiger partial charge in [0, 0.05) is 28.2 Å². The van der Waals surface area contributed by atoms with E-state index >= 15 is 0 Å². The average molecular weight is 566 g/mol. The second kappa shape index (κ2) is 11.0. The number of carbonyl (C=O) groups is 1. The van der Waals surface area contributed by atoms with Gasteiger partial charge in [-0.3, -0.25) is 9.78 Å². The molecule has 1 saturated carbocycles. The molecule has 8 heteroatoms. The lowest BCUT2D eigenvalue weighted by molar-refractivity contribution is 0.0982. The SMILES string of the molecule is O=C(CCc1cccc(Cl)c1)c1ccc(C2(N(Cc3ccccn3)S(=O)(=O)c3ccc(Cl)cc3)CC2)cc1. The Morgan fingerprint density at radius 1 is 0.868 bits per heavy atom. The van der Waals surface area contributed by atoms with Crippen molar-refractivity contribution in [3.8, 4) is 0 Å². The number of halogens is 2. The Hall–Kier alpha value is -3.03. The van der Waals surface area contributed by atoms with E-state index in [4.69, 9.17) is 23.2 Å². The summed E-state index contributed by atoms with van der Waals surface area (Å²) in [7, 11) is -3.87. The summed E-state index contributed by atoms with van der Waals surface area (Å²) in [5.41, 5.74) is 2.42. The monoisotopic (exact) mass is 564 g/mol. The maximum absolute atomic E-state index is 13.9. The zero-order chi connectivity index (χ0) is 26.8. The van der Waals surface area contributed by atoms with E-state index in [2.05, 4.69) is 4.98 Å². The van der Waals surface area contributed by atoms with Crippen LogP contribution in [0.15, 0.2) is 102 Å². The van der Waals surface area contributed by atoms with E-state index in [0.717, 1.165) is 11.1 Å². The molecule has 1 aromatic heterocycles. The first-order valence-electron chi connectivity index (χ1n) is 12.3. The second-order valence-corrected chi connectivity index (χ2v) is 12.2. The third-order valence-electron chi connectivity index (χ3n) is 6.91. The summed E-state index contributed by atoms with van der Waals surface area (Å²) in [5, 5.41) is 1.12. The molecule has 1 heterocycles. The van der Waals surface area contributed by atoms with Crippen molar-refractivity contribution in [1.82, 2.24) is 9.29 Å². The maximum atomic E-state index is 13.9. The minimum Gasteiger partial charge on any atom is -0.294 e. The van der Waals surface area contributed by atoms with E-state index in [1.54, 1.807) is 40.8 Å². The zero-order valence-electron chi connectivity index (χ0n) is 20.6. The predicted molar refractivity (Wildman–Crippen MR) is 150 cm³/mol. The third kappa shape index (κ3) is 5.69. The van der Waals surface area contributed by atoms with E-state index in [9.17, 15) is 13.2 Å². The second-order valence-electron chi connectivity index (χ2n) is 9.45. The fourth-order valence-electron chi connectivity index (χ4n) is 4.70. The van der Waals surface area contributed by atoms with Crippen molar-refractivity contribution in [3.63, 3.8) is 0 Å². The highest BCUT2D eigenvalue weighted by molar-refractivity contribution is 7.89. The Kier molecular flexibility index (Phi) is 7.68. The number of nitrogens with zero attached hydrogens (tertiary/aromatic N) is 2. The van der Waals surface area contributed by atoms with Crippen LogP contribution in [-0.4, -0.2) is 23.5 Å². The Bertz CT molecular complexity index is 1540. The minimum absolute atomic E-state index is 0.0282. The minimum atomic E-state index is -3.87. The summed E-state index contributed by atoms with van der Waals surface area (Å²) >= 11 is 12.1. The molecule has 0 spiro atoms. The van der Waals surface area contributed by atoms with Crippen molar-refractivity contribution in [2.45, 2.75) is 42.7 Å². The van der Waals surface area contributed by atoms with Crippen LogP contribution in [0.4, 0.5) is 0 Å². The normalized spacial score (nSPS) is 14.4. The molecule has 5 nitrogen and oxygen atoms in total. The molecule has 1 aliphatic carbocycles. The third-order valence-corrected chi connectivity index (χ3v) is 9.32. The number of hydrogen-bond acceptors (Lipinski definition) is 4. The van der Waals surface area contributed by atoms with Crippen LogP contribution in [0, 0.1) is 0 Å². The molecule has 0 N–H and O–H groups in total. The van der Waals surface area contributed by atoms with Gasteiger partial charge in [-0.15, -0.1) is 0 Å². The van der Waals surface area contributed by atoms with E-state index in [1.807, 2.05) is 48.5 Å². The van der Waals surface area contributed by atoms with Gasteiger partial charge in [0.2, 0.25) is 10.0 Å². The maximum Gasteiger partial charge on any atom is 0.244 e. The topological polar surface area (TPSA) is 67.3 Å². The van der Waals surface area contributed by atoms with Crippen LogP contribution in [0.25, 0.3) is 0 Å². The molecule has 0 atom stereocenters. The zero-order valence-corrected chi connectivity index (χ0v) is 22.9. The Labute approximate surface area is 233 Å². The first kappa shape index (κ1) is 26.6. The van der Waals surface area contributed by atoms with Crippen LogP contribution in [-0.2, 0) is 28.5 Å². The van der Waals surface area contributed by atoms with Crippen molar-refractivity contribution >= 4 is 39.0 Å². The molecule has 5 rings (SSSR count). The number of aryl methyl sites for hydroxylation is 1. The first-order chi connectivity index (χ1) is 18.3. The van der Waals surface area contributed by atoms with Gasteiger partial charge in [-0.1, -0.05) is 65.7 Å². The molecule has 4 aromatic rings. The highest BCUT2D eigenvalue weighted by Crippen LogP contribution is 2.53. The van der Waals surface area contributed by atoms with Crippen LogP contribution in [0.1, 0.15) is 46.4 Å². The van der Waals surface area contributed by atoms with Gasteiger partial charge in [0.1, 0.15) is 0 Å². The number of hydrogen-bond donors (Lipinski definition) is 0. The lowest BCUT2D eigenvalue weighted by Gasteiger charge is -2.31. The standard InChI is InChI=1S/C30H26Cl2N2O3S/c31-25-12-14-28(15-13-25)38(36,37)34(21-27-6-1-2-19-33-27)30(17-18-30)24-10-8-23(9-11-24)29(35)16-7-22-4-3-5-26(32)20-22/h1-6,8-15,19-20H,7,16-18,21H2. The van der Waals surface area contributed by atoms with Gasteiger partial charge in [0.05, 0.1) is 22.7 Å². The molecule has 194 valence electrons. The highest BCUT2D eigenvalue weighted by Gasteiger charge is 2.54. The van der Waals surface area contributed by atoms with Crippen LogP contribution in [0.3, 0.4) is 0 Å². The molecule has 3 aromatic carbocycles. The van der Waals surface area contributed by atoms with E-state index in [1.165, 1.54) is 12.1 Å². The average Bonchev–Trinajstić information content (AvgIpc) is 3.73.